The zero-order valence-electron chi connectivity index (χ0n) is 13.1. The van der Waals surface area contributed by atoms with E-state index in [0.717, 1.165) is 18.4 Å². The van der Waals surface area contributed by atoms with Crippen molar-refractivity contribution in [1.29, 1.82) is 0 Å². The van der Waals surface area contributed by atoms with Crippen LogP contribution in [-0.4, -0.2) is 64.7 Å². The van der Waals surface area contributed by atoms with Crippen molar-refractivity contribution in [3.8, 4) is 0 Å². The number of aliphatic hydroxyl groups is 1. The van der Waals surface area contributed by atoms with Crippen LogP contribution < -0.4 is 0 Å². The molecule has 1 aromatic heterocycles. The highest BCUT2D eigenvalue weighted by Crippen LogP contribution is 2.36. The van der Waals surface area contributed by atoms with E-state index in [9.17, 15) is 9.90 Å². The molecule has 7 nitrogen and oxygen atoms in total. The number of aryl methyl sites for hydroxylation is 1. The van der Waals surface area contributed by atoms with E-state index in [1.807, 2.05) is 13.2 Å². The lowest BCUT2D eigenvalue weighted by molar-refractivity contribution is -0.175. The van der Waals surface area contributed by atoms with E-state index >= 15 is 0 Å². The van der Waals surface area contributed by atoms with E-state index in [2.05, 4.69) is 5.10 Å². The predicted molar refractivity (Wildman–Crippen MR) is 78.0 cm³/mol. The molecule has 0 bridgehead atoms. The van der Waals surface area contributed by atoms with E-state index in [0.29, 0.717) is 19.7 Å². The van der Waals surface area contributed by atoms with Crippen LogP contribution in [0.1, 0.15) is 24.5 Å². The van der Waals surface area contributed by atoms with E-state index in [4.69, 9.17) is 9.47 Å². The summed E-state index contributed by atoms with van der Waals surface area (Å²) in [6.07, 6.45) is 5.09. The van der Waals surface area contributed by atoms with Crippen molar-refractivity contribution in [3.63, 3.8) is 0 Å². The molecule has 122 valence electrons. The van der Waals surface area contributed by atoms with Gasteiger partial charge >= 0.3 is 0 Å². The summed E-state index contributed by atoms with van der Waals surface area (Å²) in [4.78, 5) is 14.4. The highest BCUT2D eigenvalue weighted by molar-refractivity contribution is 5.81. The predicted octanol–water partition coefficient (Wildman–Crippen LogP) is 0.108. The van der Waals surface area contributed by atoms with Gasteiger partial charge in [0.05, 0.1) is 37.9 Å². The van der Waals surface area contributed by atoms with Gasteiger partial charge < -0.3 is 19.5 Å². The quantitative estimate of drug-likeness (QED) is 0.854. The Morgan fingerprint density at radius 3 is 3.00 bits per heavy atom. The van der Waals surface area contributed by atoms with Crippen LogP contribution in [0.3, 0.4) is 0 Å². The minimum atomic E-state index is -0.899. The maximum atomic E-state index is 12.7. The molecule has 1 amide bonds. The molecule has 0 saturated carbocycles. The number of hydrogen-bond acceptors (Lipinski definition) is 5. The molecule has 2 aliphatic rings. The van der Waals surface area contributed by atoms with E-state index < -0.39 is 5.60 Å². The zero-order valence-corrected chi connectivity index (χ0v) is 13.1. The van der Waals surface area contributed by atoms with Crippen molar-refractivity contribution in [2.45, 2.75) is 24.5 Å². The Hall–Kier alpha value is -1.44. The number of carbonyl (C=O) groups excluding carboxylic acids is 1. The first kappa shape index (κ1) is 15.5. The molecule has 1 N–H and O–H groups in total. The van der Waals surface area contributed by atoms with Crippen LogP contribution in [0.25, 0.3) is 0 Å². The SMILES string of the molecule is COCC1(O)CN(C(=O)[C@@H]2CCCO[C@H]2c2cnn(C)c2)C1. The number of ether oxygens (including phenoxy) is 2. The molecule has 0 aromatic carbocycles. The van der Waals surface area contributed by atoms with Crippen LogP contribution >= 0.6 is 0 Å². The average Bonchev–Trinajstić information content (AvgIpc) is 2.90. The monoisotopic (exact) mass is 309 g/mol. The number of β-amino-alcohol motifs (C(OH)–C–C–N with tert-alkyl or cyclic N) is 1. The van der Waals surface area contributed by atoms with Gasteiger partial charge in [0.2, 0.25) is 5.91 Å². The summed E-state index contributed by atoms with van der Waals surface area (Å²) in [6.45, 7) is 1.58. The first-order chi connectivity index (χ1) is 10.5. The second-order valence-corrected chi connectivity index (χ2v) is 6.34. The highest BCUT2D eigenvalue weighted by Gasteiger charge is 2.47. The van der Waals surface area contributed by atoms with Gasteiger partial charge in [0.15, 0.2) is 0 Å². The van der Waals surface area contributed by atoms with Gasteiger partial charge in [-0.1, -0.05) is 0 Å². The van der Waals surface area contributed by atoms with Crippen LogP contribution in [-0.2, 0) is 21.3 Å². The lowest BCUT2D eigenvalue weighted by Gasteiger charge is -2.48. The normalized spacial score (nSPS) is 27.5. The molecule has 1 aromatic rings. The van der Waals surface area contributed by atoms with Crippen molar-refractivity contribution >= 4 is 5.91 Å². The smallest absolute Gasteiger partial charge is 0.228 e. The molecule has 3 rings (SSSR count). The second-order valence-electron chi connectivity index (χ2n) is 6.34. The average molecular weight is 309 g/mol. The molecule has 2 saturated heterocycles. The van der Waals surface area contributed by atoms with Crippen LogP contribution in [0.4, 0.5) is 0 Å². The molecule has 0 unspecified atom stereocenters. The van der Waals surface area contributed by atoms with Crippen LogP contribution in [0.5, 0.6) is 0 Å². The number of aromatic nitrogens is 2. The van der Waals surface area contributed by atoms with Gasteiger partial charge in [-0.25, -0.2) is 0 Å². The van der Waals surface area contributed by atoms with Crippen molar-refractivity contribution in [2.75, 3.05) is 33.4 Å². The summed E-state index contributed by atoms with van der Waals surface area (Å²) in [5.74, 6) is -0.153. The number of carbonyl (C=O) groups is 1. The van der Waals surface area contributed by atoms with Crippen molar-refractivity contribution < 1.29 is 19.4 Å². The van der Waals surface area contributed by atoms with E-state index in [1.54, 1.807) is 22.9 Å². The van der Waals surface area contributed by atoms with Crippen LogP contribution in [0, 0.1) is 5.92 Å². The molecule has 7 heteroatoms. The lowest BCUT2D eigenvalue weighted by Crippen LogP contribution is -2.66. The van der Waals surface area contributed by atoms with Gasteiger partial charge in [-0.15, -0.1) is 0 Å². The summed E-state index contributed by atoms with van der Waals surface area (Å²) in [5, 5.41) is 14.3. The number of hydrogen-bond donors (Lipinski definition) is 1. The van der Waals surface area contributed by atoms with E-state index in [-0.39, 0.29) is 24.5 Å². The molecular weight excluding hydrogens is 286 g/mol. The molecule has 0 aliphatic carbocycles. The maximum Gasteiger partial charge on any atom is 0.228 e. The topological polar surface area (TPSA) is 76.8 Å². The van der Waals surface area contributed by atoms with E-state index in [1.165, 1.54) is 0 Å². The number of rotatable bonds is 4. The Kier molecular flexibility index (Phi) is 4.20. The molecule has 0 radical (unpaired) electrons. The van der Waals surface area contributed by atoms with Gasteiger partial charge in [0, 0.05) is 32.5 Å². The molecule has 0 spiro atoms. The van der Waals surface area contributed by atoms with Crippen molar-refractivity contribution in [1.82, 2.24) is 14.7 Å². The molecular formula is C15H23N3O4. The van der Waals surface area contributed by atoms with Gasteiger partial charge in [0.25, 0.3) is 0 Å². The maximum absolute atomic E-state index is 12.7. The third-order valence-electron chi connectivity index (χ3n) is 4.39. The Morgan fingerprint density at radius 1 is 1.59 bits per heavy atom. The molecule has 2 atom stereocenters. The molecule has 2 fully saturated rings. The molecule has 2 aliphatic heterocycles. The first-order valence-electron chi connectivity index (χ1n) is 7.63. The summed E-state index contributed by atoms with van der Waals surface area (Å²) < 4.78 is 12.6. The fourth-order valence-electron chi connectivity index (χ4n) is 3.36. The second kappa shape index (κ2) is 5.98. The largest absolute Gasteiger partial charge is 0.384 e. The molecule has 22 heavy (non-hydrogen) atoms. The minimum absolute atomic E-state index is 0.0503. The summed E-state index contributed by atoms with van der Waals surface area (Å²) in [7, 11) is 3.40. The third-order valence-corrected chi connectivity index (χ3v) is 4.39. The van der Waals surface area contributed by atoms with Gasteiger partial charge in [0.1, 0.15) is 5.60 Å². The van der Waals surface area contributed by atoms with Crippen molar-refractivity contribution in [2.24, 2.45) is 13.0 Å². The number of nitrogens with zero attached hydrogens (tertiary/aromatic N) is 3. The zero-order chi connectivity index (χ0) is 15.7. The van der Waals surface area contributed by atoms with Gasteiger partial charge in [-0.05, 0) is 12.8 Å². The van der Waals surface area contributed by atoms with Crippen LogP contribution in [0.2, 0.25) is 0 Å². The number of likely N-dealkylation sites (tertiary alicyclic amines) is 1. The first-order valence-corrected chi connectivity index (χ1v) is 7.63. The summed E-state index contributed by atoms with van der Waals surface area (Å²) in [5.41, 5.74) is 0.0391. The molecule has 3 heterocycles. The summed E-state index contributed by atoms with van der Waals surface area (Å²) >= 11 is 0. The Labute approximate surface area is 129 Å². The Bertz CT molecular complexity index is 539. The fraction of sp³-hybridized carbons (Fsp3) is 0.733. The summed E-state index contributed by atoms with van der Waals surface area (Å²) in [6, 6.07) is 0. The number of methoxy groups -OCH3 is 1. The number of amides is 1. The third kappa shape index (κ3) is 2.88. The van der Waals surface area contributed by atoms with Gasteiger partial charge in [-0.2, -0.15) is 5.10 Å². The fourth-order valence-corrected chi connectivity index (χ4v) is 3.36. The van der Waals surface area contributed by atoms with Crippen LogP contribution in [0.15, 0.2) is 12.4 Å². The van der Waals surface area contributed by atoms with Gasteiger partial charge in [-0.3, -0.25) is 9.48 Å². The standard InChI is InChI=1S/C15H23N3O4/c1-17-7-11(6-16-17)13-12(4-3-5-22-13)14(19)18-8-15(20,9-18)10-21-2/h6-7,12-13,20H,3-5,8-10H2,1-2H3/t12-,13+/m1/s1. The highest BCUT2D eigenvalue weighted by atomic mass is 16.5. The van der Waals surface area contributed by atoms with Crippen molar-refractivity contribution in [3.05, 3.63) is 18.0 Å². The Balaban J connectivity index is 1.68. The Morgan fingerprint density at radius 2 is 2.36 bits per heavy atom. The minimum Gasteiger partial charge on any atom is -0.384 e. The lowest BCUT2D eigenvalue weighted by atomic mass is 9.86.